The predicted octanol–water partition coefficient (Wildman–Crippen LogP) is 6.86. The van der Waals surface area contributed by atoms with E-state index in [1.54, 1.807) is 0 Å². The first-order chi connectivity index (χ1) is 17.5. The molecule has 0 saturated heterocycles. The van der Waals surface area contributed by atoms with Gasteiger partial charge in [-0.2, -0.15) is 0 Å². The summed E-state index contributed by atoms with van der Waals surface area (Å²) in [6.07, 6.45) is 1.33. The van der Waals surface area contributed by atoms with Crippen LogP contribution in [-0.4, -0.2) is 27.5 Å². The number of rotatable bonds is 2. The average molecular weight is 495 g/mol. The molecule has 0 spiro atoms. The molecule has 3 aromatic carbocycles. The second-order valence-electron chi connectivity index (χ2n) is 10.7. The van der Waals surface area contributed by atoms with Gasteiger partial charge in [0.15, 0.2) is 5.78 Å². The first-order valence-corrected chi connectivity index (χ1v) is 12.5. The smallest absolute Gasteiger partial charge is 0.159 e. The van der Waals surface area contributed by atoms with Crippen molar-refractivity contribution in [3.63, 3.8) is 0 Å². The summed E-state index contributed by atoms with van der Waals surface area (Å²) in [4.78, 5) is 15.3. The number of fused-ring (bicyclic) bond motifs is 2. The zero-order valence-electron chi connectivity index (χ0n) is 22.0. The Bertz CT molecular complexity index is 1630. The second-order valence-corrected chi connectivity index (χ2v) is 10.7. The highest BCUT2D eigenvalue weighted by Gasteiger charge is 2.40. The van der Waals surface area contributed by atoms with E-state index in [0.29, 0.717) is 5.56 Å². The van der Waals surface area contributed by atoms with Gasteiger partial charge in [0, 0.05) is 45.4 Å². The Morgan fingerprint density at radius 3 is 2.54 bits per heavy atom. The molecule has 2 heterocycles. The van der Waals surface area contributed by atoms with Crippen LogP contribution in [0.25, 0.3) is 22.0 Å². The van der Waals surface area contributed by atoms with Gasteiger partial charge in [-0.25, -0.2) is 4.39 Å². The van der Waals surface area contributed by atoms with Gasteiger partial charge in [0.2, 0.25) is 0 Å². The summed E-state index contributed by atoms with van der Waals surface area (Å²) in [5, 5.41) is 15.9. The largest absolute Gasteiger partial charge is 0.390 e. The van der Waals surface area contributed by atoms with E-state index >= 15 is 0 Å². The van der Waals surface area contributed by atoms with Gasteiger partial charge in [-0.05, 0) is 75.6 Å². The van der Waals surface area contributed by atoms with Crippen molar-refractivity contribution in [2.24, 2.45) is 0 Å². The van der Waals surface area contributed by atoms with Gasteiger partial charge in [-0.15, -0.1) is 0 Å². The summed E-state index contributed by atoms with van der Waals surface area (Å²) < 4.78 is 14.7. The highest BCUT2D eigenvalue weighted by atomic mass is 19.1. The molecule has 4 aromatic rings. The summed E-state index contributed by atoms with van der Waals surface area (Å²) in [6.45, 7) is 11.6. The monoisotopic (exact) mass is 494 g/mol. The Hall–Kier alpha value is -3.88. The lowest BCUT2D eigenvalue weighted by Gasteiger charge is -2.43. The number of benzene rings is 3. The van der Waals surface area contributed by atoms with E-state index in [9.17, 15) is 14.3 Å². The molecule has 0 radical (unpaired) electrons. The quantitative estimate of drug-likeness (QED) is 0.211. The Balaban J connectivity index is 1.83. The number of hydrogen-bond acceptors (Lipinski definition) is 3. The predicted molar refractivity (Wildman–Crippen MR) is 148 cm³/mol. The summed E-state index contributed by atoms with van der Waals surface area (Å²) >= 11 is 0. The number of halogens is 1. The lowest BCUT2D eigenvalue weighted by molar-refractivity contribution is 0.0868. The van der Waals surface area contributed by atoms with Crippen molar-refractivity contribution in [3.8, 4) is 23.0 Å². The summed E-state index contributed by atoms with van der Waals surface area (Å²) in [6, 6.07) is 12.5. The maximum absolute atomic E-state index is 14.7. The van der Waals surface area contributed by atoms with Crippen LogP contribution in [0, 0.1) is 31.5 Å². The van der Waals surface area contributed by atoms with E-state index in [4.69, 9.17) is 0 Å². The third-order valence-corrected chi connectivity index (χ3v) is 7.59. The number of hydrogen-bond donors (Lipinski definition) is 3. The fourth-order valence-electron chi connectivity index (χ4n) is 5.48. The van der Waals surface area contributed by atoms with Gasteiger partial charge in [0.1, 0.15) is 5.82 Å². The fourth-order valence-corrected chi connectivity index (χ4v) is 5.48. The first kappa shape index (κ1) is 24.8. The standard InChI is InChI=1S/C32H31FN2O2/c1-17-14-26(25-9-7-8-23-18(2)16-34-30(23)25)24(28-19(3)31(37)32(5,6)35-29(17)28)12-10-22-15-21(20(4)36)11-13-27(22)33/h7-9,11,13-16,19,31,34-35,37H,1-6H3/t19-,31+/m0/s1. The first-order valence-electron chi connectivity index (χ1n) is 12.5. The molecule has 0 aliphatic carbocycles. The molecule has 188 valence electrons. The van der Waals surface area contributed by atoms with Gasteiger partial charge in [-0.1, -0.05) is 37.0 Å². The van der Waals surface area contributed by atoms with Gasteiger partial charge in [-0.3, -0.25) is 4.79 Å². The molecule has 0 saturated carbocycles. The molecule has 0 bridgehead atoms. The molecule has 1 aliphatic heterocycles. The van der Waals surface area contributed by atoms with Crippen molar-refractivity contribution >= 4 is 22.4 Å². The number of aliphatic hydroxyl groups is 1. The minimum Gasteiger partial charge on any atom is -0.390 e. The lowest BCUT2D eigenvalue weighted by atomic mass is 9.75. The lowest BCUT2D eigenvalue weighted by Crippen LogP contribution is -2.50. The molecule has 5 rings (SSSR count). The van der Waals surface area contributed by atoms with Crippen LogP contribution < -0.4 is 5.32 Å². The SMILES string of the molecule is CC(=O)c1ccc(F)c(C#Cc2c(-c3cccc4c(C)c[nH]c34)cc(C)c3c2[C@H](C)[C@@H](O)C(C)(C)N3)c1. The van der Waals surface area contributed by atoms with E-state index in [1.165, 1.54) is 25.1 Å². The second kappa shape index (κ2) is 8.90. The number of aliphatic hydroxyl groups excluding tert-OH is 1. The number of Topliss-reactive ketones (excluding diaryl/α,β-unsaturated/α-hetero) is 1. The van der Waals surface area contributed by atoms with E-state index in [0.717, 1.165) is 50.0 Å². The molecule has 0 amide bonds. The van der Waals surface area contributed by atoms with E-state index in [1.807, 2.05) is 33.0 Å². The number of aromatic amines is 1. The molecular formula is C32H31FN2O2. The fraction of sp³-hybridized carbons (Fsp3) is 0.281. The number of para-hydroxylation sites is 1. The van der Waals surface area contributed by atoms with Gasteiger partial charge in [0.25, 0.3) is 0 Å². The maximum Gasteiger partial charge on any atom is 0.159 e. The van der Waals surface area contributed by atoms with Gasteiger partial charge >= 0.3 is 0 Å². The van der Waals surface area contributed by atoms with Crippen LogP contribution >= 0.6 is 0 Å². The maximum atomic E-state index is 14.7. The molecular weight excluding hydrogens is 463 g/mol. The minimum absolute atomic E-state index is 0.145. The van der Waals surface area contributed by atoms with Crippen LogP contribution in [0.5, 0.6) is 0 Å². The highest BCUT2D eigenvalue weighted by molar-refractivity contribution is 5.98. The number of aryl methyl sites for hydroxylation is 2. The van der Waals surface area contributed by atoms with Crippen LogP contribution in [-0.2, 0) is 0 Å². The van der Waals surface area contributed by atoms with Crippen LogP contribution in [0.15, 0.2) is 48.7 Å². The number of carbonyl (C=O) groups is 1. The Morgan fingerprint density at radius 2 is 1.81 bits per heavy atom. The number of ketones is 1. The Kier molecular flexibility index (Phi) is 5.96. The van der Waals surface area contributed by atoms with Crippen molar-refractivity contribution in [1.82, 2.24) is 4.98 Å². The Morgan fingerprint density at radius 1 is 1.05 bits per heavy atom. The van der Waals surface area contributed by atoms with Crippen molar-refractivity contribution in [2.75, 3.05) is 5.32 Å². The van der Waals surface area contributed by atoms with Crippen molar-refractivity contribution in [2.45, 2.75) is 59.1 Å². The molecule has 3 N–H and O–H groups in total. The third kappa shape index (κ3) is 4.12. The normalized spacial score (nSPS) is 18.1. The molecule has 5 heteroatoms. The molecule has 1 aromatic heterocycles. The number of H-pyrrole nitrogens is 1. The number of carbonyl (C=O) groups excluding carboxylic acids is 1. The van der Waals surface area contributed by atoms with E-state index in [-0.39, 0.29) is 17.3 Å². The summed E-state index contributed by atoms with van der Waals surface area (Å²) in [5.74, 6) is 5.45. The zero-order valence-corrected chi connectivity index (χ0v) is 22.0. The molecule has 0 unspecified atom stereocenters. The van der Waals surface area contributed by atoms with E-state index < -0.39 is 17.5 Å². The van der Waals surface area contributed by atoms with E-state index in [2.05, 4.69) is 54.2 Å². The Labute approximate surface area is 216 Å². The topological polar surface area (TPSA) is 65.1 Å². The minimum atomic E-state index is -0.656. The molecule has 1 aliphatic rings. The van der Waals surface area contributed by atoms with Crippen LogP contribution in [0.4, 0.5) is 10.1 Å². The van der Waals surface area contributed by atoms with Crippen molar-refractivity contribution < 1.29 is 14.3 Å². The number of aromatic nitrogens is 1. The molecule has 2 atom stereocenters. The van der Waals surface area contributed by atoms with Gasteiger partial charge < -0.3 is 15.4 Å². The van der Waals surface area contributed by atoms with Crippen LogP contribution in [0.1, 0.15) is 71.8 Å². The molecule has 4 nitrogen and oxygen atoms in total. The average Bonchev–Trinajstić information content (AvgIpc) is 3.24. The highest BCUT2D eigenvalue weighted by Crippen LogP contribution is 2.46. The molecule has 37 heavy (non-hydrogen) atoms. The number of nitrogens with one attached hydrogen (secondary N) is 2. The van der Waals surface area contributed by atoms with Crippen LogP contribution in [0.2, 0.25) is 0 Å². The van der Waals surface area contributed by atoms with Crippen LogP contribution in [0.3, 0.4) is 0 Å². The summed E-state index contributed by atoms with van der Waals surface area (Å²) in [7, 11) is 0. The summed E-state index contributed by atoms with van der Waals surface area (Å²) in [5.41, 5.74) is 7.76. The third-order valence-electron chi connectivity index (χ3n) is 7.59. The molecule has 0 fully saturated rings. The van der Waals surface area contributed by atoms with Gasteiger partial charge in [0.05, 0.1) is 22.7 Å². The zero-order chi connectivity index (χ0) is 26.6. The number of anilines is 1. The van der Waals surface area contributed by atoms with Crippen molar-refractivity contribution in [3.05, 3.63) is 87.9 Å². The van der Waals surface area contributed by atoms with Crippen molar-refractivity contribution in [1.29, 1.82) is 0 Å².